The van der Waals surface area contributed by atoms with Crippen molar-refractivity contribution in [2.45, 2.75) is 0 Å². The molecule has 0 radical (unpaired) electrons. The van der Waals surface area contributed by atoms with E-state index < -0.39 is 10.8 Å². The zero-order valence-corrected chi connectivity index (χ0v) is 15.9. The second kappa shape index (κ2) is 3.97. The van der Waals surface area contributed by atoms with Gasteiger partial charge in [-0.2, -0.15) is 5.01 Å². The minimum atomic E-state index is -0.551. The smallest absolute Gasteiger partial charge is 0.256 e. The van der Waals surface area contributed by atoms with Gasteiger partial charge in [0.05, 0.1) is 21.5 Å². The van der Waals surface area contributed by atoms with Crippen molar-refractivity contribution in [3.63, 3.8) is 0 Å². The summed E-state index contributed by atoms with van der Waals surface area (Å²) in [5, 5.41) is 1.84. The molecule has 1 aromatic rings. The lowest BCUT2D eigenvalue weighted by atomic mass is 9.54. The zero-order chi connectivity index (χ0) is 17.6. The Morgan fingerprint density at radius 1 is 0.923 bits per heavy atom. The van der Waals surface area contributed by atoms with Crippen LogP contribution < -0.4 is 5.43 Å². The first-order valence-electron chi connectivity index (χ1n) is 9.02. The van der Waals surface area contributed by atoms with E-state index >= 15 is 0 Å². The number of allylic oxidation sites excluding steroid dienone is 4. The standard InChI is InChI=1S/C20H14BrClN2O2/c21-13-6-1-8(7-14(13)22)23-24-17(25)19-9-2-3-10-15(9)16-11(19)4-5-12(16)20(10,19)18(24)26/h1-7,9-12,15-16,23H. The van der Waals surface area contributed by atoms with E-state index in [2.05, 4.69) is 45.7 Å². The molecule has 1 heterocycles. The molecule has 1 aliphatic heterocycles. The van der Waals surface area contributed by atoms with Gasteiger partial charge in [-0.1, -0.05) is 35.9 Å². The SMILES string of the molecule is O=C1N(Nc2ccc(Br)c(Cl)c2)C(=O)C23C4C=CC5C4C4C(C=CC42)C153. The van der Waals surface area contributed by atoms with Crippen LogP contribution in [0, 0.1) is 46.3 Å². The van der Waals surface area contributed by atoms with Gasteiger partial charge in [-0.05, 0) is 69.6 Å². The average Bonchev–Trinajstić information content (AvgIpc) is 3.42. The number of hydrogen-bond donors (Lipinski definition) is 1. The Bertz CT molecular complexity index is 935. The summed E-state index contributed by atoms with van der Waals surface area (Å²) in [6.07, 6.45) is 8.89. The van der Waals surface area contributed by atoms with Crippen molar-refractivity contribution >= 4 is 45.0 Å². The largest absolute Gasteiger partial charge is 0.289 e. The minimum absolute atomic E-state index is 0.0391. The third kappa shape index (κ3) is 1.06. The van der Waals surface area contributed by atoms with Gasteiger partial charge in [-0.3, -0.25) is 15.0 Å². The van der Waals surface area contributed by atoms with Crippen molar-refractivity contribution < 1.29 is 9.59 Å². The summed E-state index contributed by atoms with van der Waals surface area (Å²) in [5.74, 6) is 1.78. The molecule has 4 saturated carbocycles. The van der Waals surface area contributed by atoms with Crippen LogP contribution in [-0.2, 0) is 9.59 Å². The van der Waals surface area contributed by atoms with Crippen molar-refractivity contribution in [3.8, 4) is 0 Å². The van der Waals surface area contributed by atoms with Crippen LogP contribution in [0.25, 0.3) is 0 Å². The number of imide groups is 1. The highest BCUT2D eigenvalue weighted by molar-refractivity contribution is 9.10. The molecule has 1 aromatic carbocycles. The van der Waals surface area contributed by atoms with E-state index in [9.17, 15) is 9.59 Å². The molecule has 26 heavy (non-hydrogen) atoms. The van der Waals surface area contributed by atoms with E-state index in [4.69, 9.17) is 11.6 Å². The Morgan fingerprint density at radius 3 is 1.88 bits per heavy atom. The van der Waals surface area contributed by atoms with Crippen molar-refractivity contribution in [3.05, 3.63) is 52.0 Å². The number of hydrazine groups is 1. The number of nitrogens with one attached hydrogen (secondary N) is 1. The molecule has 6 heteroatoms. The van der Waals surface area contributed by atoms with Gasteiger partial charge in [0.1, 0.15) is 0 Å². The first kappa shape index (κ1) is 14.5. The maximum Gasteiger partial charge on any atom is 0.256 e. The molecule has 1 saturated heterocycles. The van der Waals surface area contributed by atoms with Crippen molar-refractivity contribution in [1.82, 2.24) is 5.01 Å². The van der Waals surface area contributed by atoms with Gasteiger partial charge in [-0.15, -0.1) is 0 Å². The normalized spacial score (nSPS) is 50.0. The van der Waals surface area contributed by atoms with Gasteiger partial charge >= 0.3 is 0 Å². The van der Waals surface area contributed by atoms with Crippen molar-refractivity contribution in [2.24, 2.45) is 46.3 Å². The van der Waals surface area contributed by atoms with Gasteiger partial charge in [0, 0.05) is 4.47 Å². The quantitative estimate of drug-likeness (QED) is 0.577. The summed E-state index contributed by atoms with van der Waals surface area (Å²) in [7, 11) is 0. The third-order valence-electron chi connectivity index (χ3n) is 8.22. The van der Waals surface area contributed by atoms with Crippen LogP contribution in [0.3, 0.4) is 0 Å². The highest BCUT2D eigenvalue weighted by Crippen LogP contribution is 2.91. The second-order valence-corrected chi connectivity index (χ2v) is 9.71. The second-order valence-electron chi connectivity index (χ2n) is 8.45. The fraction of sp³-hybridized carbons (Fsp3) is 0.400. The van der Waals surface area contributed by atoms with Gasteiger partial charge in [0.15, 0.2) is 0 Å². The van der Waals surface area contributed by atoms with E-state index in [1.165, 1.54) is 5.01 Å². The summed E-state index contributed by atoms with van der Waals surface area (Å²) >= 11 is 9.55. The van der Waals surface area contributed by atoms with Gasteiger partial charge in [-0.25, -0.2) is 0 Å². The lowest BCUT2D eigenvalue weighted by Gasteiger charge is -2.43. The van der Waals surface area contributed by atoms with E-state index in [0.717, 1.165) is 4.47 Å². The fourth-order valence-corrected chi connectivity index (χ4v) is 8.38. The molecule has 1 N–H and O–H groups in total. The number of benzene rings is 1. The minimum Gasteiger partial charge on any atom is -0.289 e. The topological polar surface area (TPSA) is 49.4 Å². The summed E-state index contributed by atoms with van der Waals surface area (Å²) in [4.78, 5) is 27.4. The average molecular weight is 430 g/mol. The van der Waals surface area contributed by atoms with E-state index in [1.807, 2.05) is 12.1 Å². The number of anilines is 1. The van der Waals surface area contributed by atoms with Crippen molar-refractivity contribution in [1.29, 1.82) is 0 Å². The Hall–Kier alpha value is -1.59. The maximum absolute atomic E-state index is 13.7. The number of carbonyl (C=O) groups excluding carboxylic acids is 2. The molecule has 8 rings (SSSR count). The highest BCUT2D eigenvalue weighted by Gasteiger charge is 2.96. The number of hydrogen-bond acceptors (Lipinski definition) is 3. The lowest BCUT2D eigenvalue weighted by molar-refractivity contribution is -0.141. The van der Waals surface area contributed by atoms with E-state index in [0.29, 0.717) is 22.5 Å². The predicted octanol–water partition coefficient (Wildman–Crippen LogP) is 3.65. The van der Waals surface area contributed by atoms with Crippen LogP contribution in [0.15, 0.2) is 47.0 Å². The number of halogens is 2. The molecule has 8 bridgehead atoms. The molecule has 130 valence electrons. The lowest BCUT2D eigenvalue weighted by Crippen LogP contribution is -2.50. The molecule has 5 fully saturated rings. The molecular formula is C20H14BrClN2O2. The highest BCUT2D eigenvalue weighted by atomic mass is 79.9. The molecule has 4 atom stereocenters. The molecular weight excluding hydrogens is 416 g/mol. The van der Waals surface area contributed by atoms with Gasteiger partial charge < -0.3 is 0 Å². The summed E-state index contributed by atoms with van der Waals surface area (Å²) in [5.41, 5.74) is 2.62. The predicted molar refractivity (Wildman–Crippen MR) is 98.7 cm³/mol. The zero-order valence-electron chi connectivity index (χ0n) is 13.5. The Labute approximate surface area is 163 Å². The van der Waals surface area contributed by atoms with Crippen LogP contribution in [-0.4, -0.2) is 16.8 Å². The van der Waals surface area contributed by atoms with Crippen LogP contribution in [0.5, 0.6) is 0 Å². The van der Waals surface area contributed by atoms with Gasteiger partial charge in [0.2, 0.25) is 0 Å². The maximum atomic E-state index is 13.7. The summed E-state index contributed by atoms with van der Waals surface area (Å²) in [6.45, 7) is 0. The van der Waals surface area contributed by atoms with E-state index in [-0.39, 0.29) is 35.5 Å². The first-order valence-corrected chi connectivity index (χ1v) is 10.2. The molecule has 2 amide bonds. The molecule has 7 aliphatic rings. The Kier molecular flexibility index (Phi) is 2.21. The molecule has 2 spiro atoms. The third-order valence-corrected chi connectivity index (χ3v) is 9.45. The Balaban J connectivity index is 1.38. The number of carbonyl (C=O) groups is 2. The van der Waals surface area contributed by atoms with Gasteiger partial charge in [0.25, 0.3) is 11.8 Å². The van der Waals surface area contributed by atoms with Crippen molar-refractivity contribution in [2.75, 3.05) is 5.43 Å². The number of nitrogens with zero attached hydrogens (tertiary/aromatic N) is 1. The van der Waals surface area contributed by atoms with E-state index in [1.54, 1.807) is 6.07 Å². The Morgan fingerprint density at radius 2 is 1.42 bits per heavy atom. The number of rotatable bonds is 2. The van der Waals surface area contributed by atoms with Crippen LogP contribution in [0.1, 0.15) is 0 Å². The molecule has 4 unspecified atom stereocenters. The molecule has 4 nitrogen and oxygen atoms in total. The molecule has 0 aromatic heterocycles. The van der Waals surface area contributed by atoms with Crippen LogP contribution in [0.4, 0.5) is 5.69 Å². The monoisotopic (exact) mass is 428 g/mol. The summed E-state index contributed by atoms with van der Waals surface area (Å²) < 4.78 is 0.780. The summed E-state index contributed by atoms with van der Waals surface area (Å²) in [6, 6.07) is 5.37. The number of amides is 2. The van der Waals surface area contributed by atoms with Crippen LogP contribution in [0.2, 0.25) is 5.02 Å². The molecule has 6 aliphatic carbocycles. The van der Waals surface area contributed by atoms with Crippen LogP contribution >= 0.6 is 27.5 Å². The first-order chi connectivity index (χ1) is 12.5. The fourth-order valence-electron chi connectivity index (χ4n) is 7.95.